The Morgan fingerprint density at radius 1 is 1.03 bits per heavy atom. The van der Waals surface area contributed by atoms with Crippen LogP contribution in [0.15, 0.2) is 72.9 Å². The Hall–Kier alpha value is -3.55. The van der Waals surface area contributed by atoms with Crippen LogP contribution >= 0.6 is 0 Å². The number of likely N-dealkylation sites (tertiary alicyclic amines) is 1. The molecule has 2 amide bonds. The van der Waals surface area contributed by atoms with Crippen molar-refractivity contribution in [2.75, 3.05) is 24.5 Å². The Kier molecular flexibility index (Phi) is 5.91. The Morgan fingerprint density at radius 3 is 2.49 bits per heavy atom. The van der Waals surface area contributed by atoms with Gasteiger partial charge in [0.2, 0.25) is 0 Å². The molecule has 0 radical (unpaired) electrons. The second-order valence-electron chi connectivity index (χ2n) is 9.53. The Morgan fingerprint density at radius 2 is 1.77 bits per heavy atom. The van der Waals surface area contributed by atoms with Gasteiger partial charge in [0.1, 0.15) is 0 Å². The lowest BCUT2D eigenvalue weighted by Crippen LogP contribution is -2.46. The molecule has 2 aliphatic rings. The van der Waals surface area contributed by atoms with Crippen molar-refractivity contribution >= 4 is 17.4 Å². The summed E-state index contributed by atoms with van der Waals surface area (Å²) >= 11 is 0. The van der Waals surface area contributed by atoms with Gasteiger partial charge < -0.3 is 15.1 Å². The first kappa shape index (κ1) is 23.2. The van der Waals surface area contributed by atoms with Gasteiger partial charge in [-0.1, -0.05) is 24.3 Å². The number of rotatable bonds is 3. The predicted octanol–water partition coefficient (Wildman–Crippen LogP) is 5.96. The fourth-order valence-electron chi connectivity index (χ4n) is 5.23. The van der Waals surface area contributed by atoms with Crippen molar-refractivity contribution in [2.24, 2.45) is 5.41 Å². The minimum atomic E-state index is -4.37. The van der Waals surface area contributed by atoms with Crippen molar-refractivity contribution in [3.63, 3.8) is 0 Å². The molecule has 2 unspecified atom stereocenters. The van der Waals surface area contributed by atoms with Crippen molar-refractivity contribution in [3.8, 4) is 0 Å². The number of hydrogen-bond acceptors (Lipinski definition) is 3. The number of aromatic nitrogens is 1. The molecule has 5 rings (SSSR count). The van der Waals surface area contributed by atoms with Crippen LogP contribution in [-0.2, 0) is 12.6 Å². The molecule has 0 saturated carbocycles. The van der Waals surface area contributed by atoms with Crippen molar-refractivity contribution in [2.45, 2.75) is 32.0 Å². The number of benzene rings is 2. The van der Waals surface area contributed by atoms with Crippen molar-refractivity contribution < 1.29 is 18.0 Å². The van der Waals surface area contributed by atoms with E-state index in [4.69, 9.17) is 0 Å². The highest BCUT2D eigenvalue weighted by molar-refractivity contribution is 5.75. The van der Waals surface area contributed by atoms with Crippen LogP contribution in [-0.4, -0.2) is 35.5 Å². The Balaban J connectivity index is 1.36. The highest BCUT2D eigenvalue weighted by atomic mass is 19.4. The van der Waals surface area contributed by atoms with Crippen LogP contribution < -0.4 is 10.2 Å². The molecule has 5 nitrogen and oxygen atoms in total. The number of halogens is 3. The Bertz CT molecular complexity index is 1200. The summed E-state index contributed by atoms with van der Waals surface area (Å²) in [5, 5.41) is 3.05. The van der Waals surface area contributed by atoms with E-state index in [1.807, 2.05) is 48.2 Å². The number of hydrogen-bond donors (Lipinski definition) is 1. The van der Waals surface area contributed by atoms with Crippen molar-refractivity contribution in [1.29, 1.82) is 0 Å². The summed E-state index contributed by atoms with van der Waals surface area (Å²) in [4.78, 5) is 21.3. The van der Waals surface area contributed by atoms with Gasteiger partial charge in [-0.15, -0.1) is 0 Å². The number of para-hydroxylation sites is 1. The molecule has 1 fully saturated rings. The average Bonchev–Trinajstić information content (AvgIpc) is 3.26. The van der Waals surface area contributed by atoms with Gasteiger partial charge in [-0.3, -0.25) is 4.98 Å². The topological polar surface area (TPSA) is 48.5 Å². The summed E-state index contributed by atoms with van der Waals surface area (Å²) in [7, 11) is 0. The fourth-order valence-corrected chi connectivity index (χ4v) is 5.23. The predicted molar refractivity (Wildman–Crippen MR) is 128 cm³/mol. The van der Waals surface area contributed by atoms with Gasteiger partial charge in [-0.05, 0) is 67.8 Å². The van der Waals surface area contributed by atoms with Crippen molar-refractivity contribution in [1.82, 2.24) is 15.2 Å². The molecule has 2 aliphatic heterocycles. The van der Waals surface area contributed by atoms with E-state index >= 15 is 0 Å². The standard InChI is InChI=1S/C27H27F3N4O/c1-19(23-7-4-5-14-31-23)32-25(35)33-15-13-26(17-33)16-20-6-2-3-8-24(20)34(18-26)22-11-9-21(10-12-22)27(28,29)30/h2-12,14,19H,13,15-18H2,1H3,(H,32,35). The summed E-state index contributed by atoms with van der Waals surface area (Å²) < 4.78 is 39.3. The molecule has 1 N–H and O–H groups in total. The molecule has 0 aliphatic carbocycles. The van der Waals surface area contributed by atoms with E-state index < -0.39 is 11.7 Å². The van der Waals surface area contributed by atoms with Gasteiger partial charge in [0.15, 0.2) is 0 Å². The van der Waals surface area contributed by atoms with Gasteiger partial charge in [-0.25, -0.2) is 4.79 Å². The van der Waals surface area contributed by atoms with Gasteiger partial charge in [0.05, 0.1) is 17.3 Å². The molecule has 1 spiro atoms. The van der Waals surface area contributed by atoms with Crippen LogP contribution in [0.3, 0.4) is 0 Å². The highest BCUT2D eigenvalue weighted by Crippen LogP contribution is 2.45. The first-order valence-electron chi connectivity index (χ1n) is 11.7. The summed E-state index contributed by atoms with van der Waals surface area (Å²) in [5.41, 5.74) is 2.83. The molecule has 2 atom stereocenters. The van der Waals surface area contributed by atoms with E-state index in [1.54, 1.807) is 6.20 Å². The lowest BCUT2D eigenvalue weighted by molar-refractivity contribution is -0.137. The zero-order valence-electron chi connectivity index (χ0n) is 19.4. The molecule has 0 bridgehead atoms. The van der Waals surface area contributed by atoms with Crippen LogP contribution in [0, 0.1) is 5.41 Å². The number of carbonyl (C=O) groups excluding carboxylic acids is 1. The molecule has 182 valence electrons. The third-order valence-electron chi connectivity index (χ3n) is 7.04. The maximum Gasteiger partial charge on any atom is 0.416 e. The monoisotopic (exact) mass is 480 g/mol. The molecule has 1 saturated heterocycles. The maximum absolute atomic E-state index is 13.1. The summed E-state index contributed by atoms with van der Waals surface area (Å²) in [6.07, 6.45) is -1.02. The van der Waals surface area contributed by atoms with Gasteiger partial charge in [0, 0.05) is 42.6 Å². The van der Waals surface area contributed by atoms with Crippen molar-refractivity contribution in [3.05, 3.63) is 89.7 Å². The average molecular weight is 481 g/mol. The number of anilines is 2. The number of amides is 2. The molecular weight excluding hydrogens is 453 g/mol. The van der Waals surface area contributed by atoms with Crippen LogP contribution in [0.25, 0.3) is 0 Å². The van der Waals surface area contributed by atoms with E-state index in [9.17, 15) is 18.0 Å². The Labute approximate surface area is 202 Å². The van der Waals surface area contributed by atoms with E-state index in [-0.39, 0.29) is 17.5 Å². The first-order valence-corrected chi connectivity index (χ1v) is 11.7. The third-order valence-corrected chi connectivity index (χ3v) is 7.04. The molecule has 2 aromatic carbocycles. The molecule has 8 heteroatoms. The summed E-state index contributed by atoms with van der Waals surface area (Å²) in [5.74, 6) is 0. The molecular formula is C27H27F3N4O. The normalized spacial score (nSPS) is 20.6. The minimum Gasteiger partial charge on any atom is -0.341 e. The number of nitrogens with one attached hydrogen (secondary N) is 1. The van der Waals surface area contributed by atoms with Gasteiger partial charge in [0.25, 0.3) is 0 Å². The maximum atomic E-state index is 13.1. The number of carbonyl (C=O) groups is 1. The number of alkyl halides is 3. The van der Waals surface area contributed by atoms with Crippen LogP contribution in [0.4, 0.5) is 29.3 Å². The fraction of sp³-hybridized carbons (Fsp3) is 0.333. The number of urea groups is 1. The largest absolute Gasteiger partial charge is 0.416 e. The van der Waals surface area contributed by atoms with E-state index in [0.717, 1.165) is 47.6 Å². The smallest absolute Gasteiger partial charge is 0.341 e. The minimum absolute atomic E-state index is 0.125. The number of nitrogens with zero attached hydrogens (tertiary/aromatic N) is 3. The second-order valence-corrected chi connectivity index (χ2v) is 9.53. The molecule has 3 aromatic rings. The molecule has 1 aromatic heterocycles. The SMILES string of the molecule is CC(NC(=O)N1CCC2(Cc3ccccc3N(c3ccc(C(F)(F)F)cc3)C2)C1)c1ccccn1. The number of fused-ring (bicyclic) bond motifs is 1. The van der Waals surface area contributed by atoms with Crippen LogP contribution in [0.5, 0.6) is 0 Å². The highest BCUT2D eigenvalue weighted by Gasteiger charge is 2.45. The third kappa shape index (κ3) is 4.70. The summed E-state index contributed by atoms with van der Waals surface area (Å²) in [6, 6.07) is 18.6. The zero-order valence-corrected chi connectivity index (χ0v) is 19.4. The number of pyridine rings is 1. The van der Waals surface area contributed by atoms with E-state index in [2.05, 4.69) is 21.3 Å². The second kappa shape index (κ2) is 8.91. The lowest BCUT2D eigenvalue weighted by Gasteiger charge is -2.42. The van der Waals surface area contributed by atoms with E-state index in [1.165, 1.54) is 12.1 Å². The summed E-state index contributed by atoms with van der Waals surface area (Å²) in [6.45, 7) is 3.76. The van der Waals surface area contributed by atoms with Gasteiger partial charge >= 0.3 is 12.2 Å². The quantitative estimate of drug-likeness (QED) is 0.504. The first-order chi connectivity index (χ1) is 16.7. The zero-order chi connectivity index (χ0) is 24.6. The molecule has 3 heterocycles. The van der Waals surface area contributed by atoms with Gasteiger partial charge in [-0.2, -0.15) is 13.2 Å². The molecule has 35 heavy (non-hydrogen) atoms. The van der Waals surface area contributed by atoms with E-state index in [0.29, 0.717) is 19.6 Å². The lowest BCUT2D eigenvalue weighted by atomic mass is 9.76. The van der Waals surface area contributed by atoms with Crippen LogP contribution in [0.1, 0.15) is 36.2 Å². The van der Waals surface area contributed by atoms with Crippen LogP contribution in [0.2, 0.25) is 0 Å².